The summed E-state index contributed by atoms with van der Waals surface area (Å²) in [6.07, 6.45) is 7.24. The van der Waals surface area contributed by atoms with Crippen LogP contribution < -0.4 is 0 Å². The molecule has 0 radical (unpaired) electrons. The van der Waals surface area contributed by atoms with Gasteiger partial charge < -0.3 is 0 Å². The molecule has 0 spiro atoms. The maximum absolute atomic E-state index is 8.94. The predicted molar refractivity (Wildman–Crippen MR) is 65.5 cm³/mol. The summed E-state index contributed by atoms with van der Waals surface area (Å²) in [7, 11) is 0. The summed E-state index contributed by atoms with van der Waals surface area (Å²) in [5, 5.41) is 13.4. The van der Waals surface area contributed by atoms with Gasteiger partial charge in [-0.05, 0) is 18.2 Å². The van der Waals surface area contributed by atoms with E-state index >= 15 is 0 Å². The summed E-state index contributed by atoms with van der Waals surface area (Å²) >= 11 is 0. The van der Waals surface area contributed by atoms with Crippen LogP contribution in [-0.2, 0) is 6.42 Å². The van der Waals surface area contributed by atoms with Gasteiger partial charge in [-0.25, -0.2) is 9.50 Å². The van der Waals surface area contributed by atoms with Crippen LogP contribution in [0.3, 0.4) is 0 Å². The molecule has 0 amide bonds. The lowest BCUT2D eigenvalue weighted by atomic mass is 10.1. The molecule has 0 unspecified atom stereocenters. The molecule has 5 heteroatoms. The molecule has 0 aliphatic rings. The largest absolute Gasteiger partial charge is 0.265 e. The molecule has 3 aromatic heterocycles. The van der Waals surface area contributed by atoms with E-state index in [1.54, 1.807) is 23.1 Å². The van der Waals surface area contributed by atoms with E-state index < -0.39 is 0 Å². The number of nitrogens with zero attached hydrogens (tertiary/aromatic N) is 5. The summed E-state index contributed by atoms with van der Waals surface area (Å²) in [6.45, 7) is 0. The molecule has 0 saturated carbocycles. The molecule has 0 aliphatic heterocycles. The van der Waals surface area contributed by atoms with Crippen LogP contribution in [0.1, 0.15) is 5.56 Å². The second-order valence-corrected chi connectivity index (χ2v) is 3.79. The minimum Gasteiger partial charge on any atom is -0.265 e. The highest BCUT2D eigenvalue weighted by Gasteiger charge is 2.14. The molecule has 0 N–H and O–H groups in total. The normalized spacial score (nSPS) is 10.4. The van der Waals surface area contributed by atoms with Crippen LogP contribution in [-0.4, -0.2) is 19.6 Å². The minimum atomic E-state index is 0.290. The van der Waals surface area contributed by atoms with Crippen LogP contribution in [0.25, 0.3) is 16.9 Å². The summed E-state index contributed by atoms with van der Waals surface area (Å²) in [6, 6.07) is 7.73. The first-order valence-electron chi connectivity index (χ1n) is 5.50. The van der Waals surface area contributed by atoms with E-state index in [0.717, 1.165) is 22.5 Å². The van der Waals surface area contributed by atoms with Crippen LogP contribution >= 0.6 is 0 Å². The second kappa shape index (κ2) is 4.26. The third-order valence-electron chi connectivity index (χ3n) is 2.70. The molecule has 0 fully saturated rings. The summed E-state index contributed by atoms with van der Waals surface area (Å²) in [5.41, 5.74) is 3.31. The van der Waals surface area contributed by atoms with E-state index in [2.05, 4.69) is 21.1 Å². The molecule has 18 heavy (non-hydrogen) atoms. The van der Waals surface area contributed by atoms with Gasteiger partial charge in [-0.2, -0.15) is 10.4 Å². The first-order valence-corrected chi connectivity index (χ1v) is 5.50. The van der Waals surface area contributed by atoms with E-state index in [-0.39, 0.29) is 6.42 Å². The first-order chi connectivity index (χ1) is 8.90. The SMILES string of the molecule is N#CCc1c(-c2ccncc2)nn2cccnc12. The highest BCUT2D eigenvalue weighted by Crippen LogP contribution is 2.24. The zero-order valence-electron chi connectivity index (χ0n) is 9.48. The molecule has 3 heterocycles. The smallest absolute Gasteiger partial charge is 0.159 e. The number of aromatic nitrogens is 4. The Balaban J connectivity index is 2.29. The van der Waals surface area contributed by atoms with Crippen LogP contribution in [0.4, 0.5) is 0 Å². The van der Waals surface area contributed by atoms with Crippen LogP contribution in [0.2, 0.25) is 0 Å². The number of hydrogen-bond donors (Lipinski definition) is 0. The Morgan fingerprint density at radius 1 is 1.22 bits per heavy atom. The first kappa shape index (κ1) is 10.4. The van der Waals surface area contributed by atoms with E-state index in [1.807, 2.05) is 24.4 Å². The maximum atomic E-state index is 8.94. The fourth-order valence-electron chi connectivity index (χ4n) is 1.92. The van der Waals surface area contributed by atoms with Crippen LogP contribution in [0.15, 0.2) is 43.0 Å². The van der Waals surface area contributed by atoms with Crippen LogP contribution in [0.5, 0.6) is 0 Å². The van der Waals surface area contributed by atoms with Gasteiger partial charge in [0.1, 0.15) is 0 Å². The average Bonchev–Trinajstić information content (AvgIpc) is 2.80. The van der Waals surface area contributed by atoms with Gasteiger partial charge in [0, 0.05) is 35.9 Å². The molecule has 0 aromatic carbocycles. The number of pyridine rings is 1. The van der Waals surface area contributed by atoms with Gasteiger partial charge in [0.2, 0.25) is 0 Å². The van der Waals surface area contributed by atoms with Crippen LogP contribution in [0, 0.1) is 11.3 Å². The number of hydrogen-bond acceptors (Lipinski definition) is 4. The van der Waals surface area contributed by atoms with Crippen molar-refractivity contribution in [3.8, 4) is 17.3 Å². The van der Waals surface area contributed by atoms with Crippen molar-refractivity contribution in [3.63, 3.8) is 0 Å². The second-order valence-electron chi connectivity index (χ2n) is 3.79. The van der Waals surface area contributed by atoms with Gasteiger partial charge in [-0.15, -0.1) is 0 Å². The van der Waals surface area contributed by atoms with E-state index in [4.69, 9.17) is 5.26 Å². The molecule has 0 aliphatic carbocycles. The van der Waals surface area contributed by atoms with Gasteiger partial charge in [-0.3, -0.25) is 4.98 Å². The van der Waals surface area contributed by atoms with Crippen molar-refractivity contribution in [2.24, 2.45) is 0 Å². The van der Waals surface area contributed by atoms with Crippen molar-refractivity contribution >= 4 is 5.65 Å². The fourth-order valence-corrected chi connectivity index (χ4v) is 1.92. The highest BCUT2D eigenvalue weighted by atomic mass is 15.2. The topological polar surface area (TPSA) is 66.9 Å². The average molecular weight is 235 g/mol. The summed E-state index contributed by atoms with van der Waals surface area (Å²) in [5.74, 6) is 0. The Hall–Kier alpha value is -2.74. The Labute approximate surface area is 103 Å². The molecule has 3 rings (SSSR count). The molecule has 5 nitrogen and oxygen atoms in total. The number of fused-ring (bicyclic) bond motifs is 1. The molecule has 86 valence electrons. The highest BCUT2D eigenvalue weighted by molar-refractivity contribution is 5.70. The Bertz CT molecular complexity index is 724. The molecular formula is C13H9N5. The van der Waals surface area contributed by atoms with Gasteiger partial charge in [0.25, 0.3) is 0 Å². The third kappa shape index (κ3) is 1.60. The van der Waals surface area contributed by atoms with Gasteiger partial charge in [0.15, 0.2) is 5.65 Å². The lowest BCUT2D eigenvalue weighted by Gasteiger charge is -1.97. The molecule has 0 saturated heterocycles. The van der Waals surface area contributed by atoms with Gasteiger partial charge >= 0.3 is 0 Å². The lowest BCUT2D eigenvalue weighted by Crippen LogP contribution is -1.88. The lowest BCUT2D eigenvalue weighted by molar-refractivity contribution is 0.943. The van der Waals surface area contributed by atoms with E-state index in [0.29, 0.717) is 0 Å². The zero-order valence-corrected chi connectivity index (χ0v) is 9.48. The number of nitriles is 1. The Morgan fingerprint density at radius 3 is 2.83 bits per heavy atom. The van der Waals surface area contributed by atoms with Gasteiger partial charge in [0.05, 0.1) is 18.2 Å². The predicted octanol–water partition coefficient (Wildman–Crippen LogP) is 1.86. The Kier molecular flexibility index (Phi) is 2.47. The molecule has 0 bridgehead atoms. The molecule has 0 atom stereocenters. The minimum absolute atomic E-state index is 0.290. The van der Waals surface area contributed by atoms with Gasteiger partial charge in [-0.1, -0.05) is 0 Å². The monoisotopic (exact) mass is 235 g/mol. The third-order valence-corrected chi connectivity index (χ3v) is 2.70. The fraction of sp³-hybridized carbons (Fsp3) is 0.0769. The number of rotatable bonds is 2. The van der Waals surface area contributed by atoms with Crippen molar-refractivity contribution in [3.05, 3.63) is 48.5 Å². The van der Waals surface area contributed by atoms with E-state index in [1.165, 1.54) is 0 Å². The van der Waals surface area contributed by atoms with Crippen molar-refractivity contribution < 1.29 is 0 Å². The molecule has 3 aromatic rings. The zero-order chi connectivity index (χ0) is 12.4. The standard InChI is InChI=1S/C13H9N5/c14-5-2-11-12(10-3-7-15-8-4-10)17-18-9-1-6-16-13(11)18/h1,3-4,6-9H,2H2. The van der Waals surface area contributed by atoms with E-state index in [9.17, 15) is 0 Å². The van der Waals surface area contributed by atoms with Crippen molar-refractivity contribution in [1.82, 2.24) is 19.6 Å². The quantitative estimate of drug-likeness (QED) is 0.680. The Morgan fingerprint density at radius 2 is 2.06 bits per heavy atom. The van der Waals surface area contributed by atoms with Crippen molar-refractivity contribution in [2.75, 3.05) is 0 Å². The van der Waals surface area contributed by atoms with Crippen molar-refractivity contribution in [1.29, 1.82) is 5.26 Å². The van der Waals surface area contributed by atoms with Crippen molar-refractivity contribution in [2.45, 2.75) is 6.42 Å². The summed E-state index contributed by atoms with van der Waals surface area (Å²) in [4.78, 5) is 8.26. The molecular weight excluding hydrogens is 226 g/mol. The maximum Gasteiger partial charge on any atom is 0.159 e. The summed E-state index contributed by atoms with van der Waals surface area (Å²) < 4.78 is 1.70.